The lowest BCUT2D eigenvalue weighted by Gasteiger charge is -2.21. The van der Waals surface area contributed by atoms with Gasteiger partial charge in [-0.15, -0.1) is 0 Å². The molecule has 108 valence electrons. The molecule has 19 heavy (non-hydrogen) atoms. The molecule has 1 aromatic heterocycles. The van der Waals surface area contributed by atoms with Gasteiger partial charge in [-0.25, -0.2) is 4.98 Å². The summed E-state index contributed by atoms with van der Waals surface area (Å²) in [6, 6.07) is 0. The highest BCUT2D eigenvalue weighted by Gasteiger charge is 2.15. The van der Waals surface area contributed by atoms with Crippen molar-refractivity contribution >= 4 is 34.4 Å². The first-order chi connectivity index (χ1) is 9.03. The Bertz CT molecular complexity index is 403. The highest BCUT2D eigenvalue weighted by atomic mass is 127. The smallest absolute Gasteiger partial charge is 0.227 e. The topological polar surface area (TPSA) is 41.1 Å². The van der Waals surface area contributed by atoms with Crippen molar-refractivity contribution in [2.24, 2.45) is 5.92 Å². The summed E-state index contributed by atoms with van der Waals surface area (Å²) in [5.74, 6) is 2.41. The number of hydrogen-bond donors (Lipinski definition) is 1. The van der Waals surface area contributed by atoms with Gasteiger partial charge < -0.3 is 10.2 Å². The van der Waals surface area contributed by atoms with Crippen molar-refractivity contribution in [2.45, 2.75) is 41.0 Å². The third kappa shape index (κ3) is 4.47. The number of aromatic nitrogens is 2. The summed E-state index contributed by atoms with van der Waals surface area (Å²) in [6.45, 7) is 13.6. The monoisotopic (exact) mass is 376 g/mol. The summed E-state index contributed by atoms with van der Waals surface area (Å²) < 4.78 is 1.16. The van der Waals surface area contributed by atoms with Crippen LogP contribution in [-0.4, -0.2) is 29.6 Å². The highest BCUT2D eigenvalue weighted by Crippen LogP contribution is 2.24. The summed E-state index contributed by atoms with van der Waals surface area (Å²) in [5, 5.41) is 3.35. The zero-order valence-corrected chi connectivity index (χ0v) is 14.8. The van der Waals surface area contributed by atoms with E-state index in [-0.39, 0.29) is 0 Å². The maximum absolute atomic E-state index is 4.76. The van der Waals surface area contributed by atoms with E-state index < -0.39 is 0 Å². The van der Waals surface area contributed by atoms with E-state index in [2.05, 4.69) is 72.4 Å². The molecule has 1 heterocycles. The van der Waals surface area contributed by atoms with Gasteiger partial charge in [0.05, 0.1) is 9.26 Å². The van der Waals surface area contributed by atoms with Crippen LogP contribution < -0.4 is 10.2 Å². The first-order valence-electron chi connectivity index (χ1n) is 7.08. The molecule has 0 spiro atoms. The third-order valence-electron chi connectivity index (χ3n) is 2.90. The van der Waals surface area contributed by atoms with Crippen LogP contribution in [0.2, 0.25) is 0 Å². The molecule has 0 saturated heterocycles. The number of nitrogens with zero attached hydrogens (tertiary/aromatic N) is 3. The largest absolute Gasteiger partial charge is 0.369 e. The summed E-state index contributed by atoms with van der Waals surface area (Å²) in [4.78, 5) is 11.6. The third-order valence-corrected chi connectivity index (χ3v) is 4.03. The fourth-order valence-electron chi connectivity index (χ4n) is 1.93. The van der Waals surface area contributed by atoms with Crippen LogP contribution in [0.25, 0.3) is 0 Å². The predicted molar refractivity (Wildman–Crippen MR) is 91.0 cm³/mol. The fourth-order valence-corrected chi connectivity index (χ4v) is 2.59. The van der Waals surface area contributed by atoms with Gasteiger partial charge in [0, 0.05) is 19.6 Å². The van der Waals surface area contributed by atoms with E-state index in [9.17, 15) is 0 Å². The minimum Gasteiger partial charge on any atom is -0.369 e. The van der Waals surface area contributed by atoms with Crippen molar-refractivity contribution in [1.29, 1.82) is 0 Å². The van der Waals surface area contributed by atoms with Crippen molar-refractivity contribution in [3.05, 3.63) is 9.26 Å². The van der Waals surface area contributed by atoms with Crippen molar-refractivity contribution < 1.29 is 0 Å². The maximum atomic E-state index is 4.76. The SMILES string of the molecule is CCNc1nc(N(CC)CC)nc(CC(C)C)c1I. The lowest BCUT2D eigenvalue weighted by atomic mass is 10.1. The molecule has 0 saturated carbocycles. The van der Waals surface area contributed by atoms with Crippen LogP contribution in [0, 0.1) is 9.49 Å². The average molecular weight is 376 g/mol. The summed E-state index contributed by atoms with van der Waals surface area (Å²) in [5.41, 5.74) is 1.16. The Kier molecular flexibility index (Phi) is 6.82. The molecule has 0 amide bonds. The van der Waals surface area contributed by atoms with E-state index in [4.69, 9.17) is 4.98 Å². The Labute approximate surface area is 130 Å². The molecule has 4 nitrogen and oxygen atoms in total. The standard InChI is InChI=1S/C14H25IN4/c1-6-16-13-12(15)11(9-10(4)5)17-14(18-13)19(7-2)8-3/h10H,6-9H2,1-5H3,(H,16,17,18). The van der Waals surface area contributed by atoms with E-state index >= 15 is 0 Å². The fraction of sp³-hybridized carbons (Fsp3) is 0.714. The van der Waals surface area contributed by atoms with Crippen LogP contribution in [0.5, 0.6) is 0 Å². The molecule has 0 bridgehead atoms. The van der Waals surface area contributed by atoms with E-state index in [0.29, 0.717) is 5.92 Å². The molecule has 1 N–H and O–H groups in total. The molecule has 1 aromatic rings. The summed E-state index contributed by atoms with van der Waals surface area (Å²) >= 11 is 2.36. The van der Waals surface area contributed by atoms with Crippen molar-refractivity contribution in [2.75, 3.05) is 29.9 Å². The van der Waals surface area contributed by atoms with Crippen molar-refractivity contribution in [3.63, 3.8) is 0 Å². The Balaban J connectivity index is 3.21. The van der Waals surface area contributed by atoms with Gasteiger partial charge in [-0.05, 0) is 55.7 Å². The van der Waals surface area contributed by atoms with Crippen LogP contribution in [0.15, 0.2) is 0 Å². The van der Waals surface area contributed by atoms with Crippen molar-refractivity contribution in [3.8, 4) is 0 Å². The molecule has 0 aliphatic carbocycles. The van der Waals surface area contributed by atoms with Gasteiger partial charge in [-0.3, -0.25) is 0 Å². The predicted octanol–water partition coefficient (Wildman–Crippen LogP) is 3.56. The molecule has 0 fully saturated rings. The Hall–Kier alpha value is -0.590. The molecule has 5 heteroatoms. The Morgan fingerprint density at radius 1 is 1.16 bits per heavy atom. The van der Waals surface area contributed by atoms with E-state index in [1.807, 2.05) is 0 Å². The van der Waals surface area contributed by atoms with Crippen LogP contribution in [0.1, 0.15) is 40.3 Å². The first kappa shape index (κ1) is 16.5. The molecule has 0 unspecified atom stereocenters. The molecular formula is C14H25IN4. The maximum Gasteiger partial charge on any atom is 0.227 e. The van der Waals surface area contributed by atoms with Gasteiger partial charge in [-0.2, -0.15) is 4.98 Å². The second kappa shape index (κ2) is 7.87. The van der Waals surface area contributed by atoms with Gasteiger partial charge in [-0.1, -0.05) is 13.8 Å². The number of halogens is 1. The molecule has 0 aliphatic rings. The zero-order valence-electron chi connectivity index (χ0n) is 12.6. The van der Waals surface area contributed by atoms with Gasteiger partial charge in [0.2, 0.25) is 5.95 Å². The van der Waals surface area contributed by atoms with Crippen LogP contribution in [-0.2, 0) is 6.42 Å². The van der Waals surface area contributed by atoms with E-state index in [1.54, 1.807) is 0 Å². The molecular weight excluding hydrogens is 351 g/mol. The average Bonchev–Trinajstić information content (AvgIpc) is 2.36. The van der Waals surface area contributed by atoms with Crippen LogP contribution in [0.3, 0.4) is 0 Å². The van der Waals surface area contributed by atoms with Crippen molar-refractivity contribution in [1.82, 2.24) is 9.97 Å². The number of nitrogens with one attached hydrogen (secondary N) is 1. The number of anilines is 2. The molecule has 1 rings (SSSR count). The lowest BCUT2D eigenvalue weighted by molar-refractivity contribution is 0.630. The normalized spacial score (nSPS) is 10.9. The van der Waals surface area contributed by atoms with E-state index in [0.717, 1.165) is 47.1 Å². The molecule has 0 atom stereocenters. The van der Waals surface area contributed by atoms with Gasteiger partial charge >= 0.3 is 0 Å². The minimum absolute atomic E-state index is 0.599. The summed E-state index contributed by atoms with van der Waals surface area (Å²) in [6.07, 6.45) is 0.994. The second-order valence-corrected chi connectivity index (χ2v) is 6.01. The number of rotatable bonds is 7. The summed E-state index contributed by atoms with van der Waals surface area (Å²) in [7, 11) is 0. The quantitative estimate of drug-likeness (QED) is 0.739. The first-order valence-corrected chi connectivity index (χ1v) is 8.16. The van der Waals surface area contributed by atoms with Crippen LogP contribution >= 0.6 is 22.6 Å². The van der Waals surface area contributed by atoms with Crippen LogP contribution in [0.4, 0.5) is 11.8 Å². The Morgan fingerprint density at radius 3 is 2.26 bits per heavy atom. The van der Waals surface area contributed by atoms with Gasteiger partial charge in [0.25, 0.3) is 0 Å². The van der Waals surface area contributed by atoms with E-state index in [1.165, 1.54) is 0 Å². The highest BCUT2D eigenvalue weighted by molar-refractivity contribution is 14.1. The number of hydrogen-bond acceptors (Lipinski definition) is 4. The lowest BCUT2D eigenvalue weighted by Crippen LogP contribution is -2.25. The minimum atomic E-state index is 0.599. The second-order valence-electron chi connectivity index (χ2n) is 4.93. The molecule has 0 aliphatic heterocycles. The molecule has 0 aromatic carbocycles. The van der Waals surface area contributed by atoms with Gasteiger partial charge in [0.1, 0.15) is 5.82 Å². The Morgan fingerprint density at radius 2 is 1.79 bits per heavy atom. The zero-order chi connectivity index (χ0) is 14.4. The molecule has 0 radical (unpaired) electrons. The van der Waals surface area contributed by atoms with Gasteiger partial charge in [0.15, 0.2) is 0 Å².